The van der Waals surface area contributed by atoms with Crippen LogP contribution in [-0.2, 0) is 0 Å². The lowest BCUT2D eigenvalue weighted by Crippen LogP contribution is -2.85. The van der Waals surface area contributed by atoms with Crippen LogP contribution in [0.15, 0.2) is 73.0 Å². The normalized spacial score (nSPS) is 14.0. The molecule has 0 spiro atoms. The summed E-state index contributed by atoms with van der Waals surface area (Å²) in [6, 6.07) is 15.6. The second-order valence-electron chi connectivity index (χ2n) is 11.0. The molecule has 1 aliphatic rings. The molecule has 2 aromatic heterocycles. The molecule has 1 atom stereocenters. The summed E-state index contributed by atoms with van der Waals surface area (Å²) >= 11 is 0. The molecule has 0 amide bonds. The Morgan fingerprint density at radius 2 is 1.29 bits per heavy atom. The van der Waals surface area contributed by atoms with E-state index < -0.39 is 22.9 Å². The minimum Gasteiger partial charge on any atom is -0.872 e. The lowest BCUT2D eigenvalue weighted by molar-refractivity contribution is -0.662. The van der Waals surface area contributed by atoms with Gasteiger partial charge in [0.15, 0.2) is 0 Å². The second kappa shape index (κ2) is 11.6. The van der Waals surface area contributed by atoms with Gasteiger partial charge in [0.1, 0.15) is 16.9 Å². The van der Waals surface area contributed by atoms with Crippen LogP contribution in [0.3, 0.4) is 0 Å². The highest BCUT2D eigenvalue weighted by molar-refractivity contribution is 5.90. The fraction of sp³-hybridized carbons (Fsp3) is 0.294. The highest BCUT2D eigenvalue weighted by Gasteiger charge is 2.30. The summed E-state index contributed by atoms with van der Waals surface area (Å²) in [5.74, 6) is -2.05. The van der Waals surface area contributed by atoms with Crippen molar-refractivity contribution in [3.8, 4) is 11.5 Å². The first-order valence-corrected chi connectivity index (χ1v) is 14.1. The SMILES string of the molecule is C1CC[NH2+]CC1.Cc1cc(C)c2c([O-])c([C@@H](c3ccccc3)c3c(O)c4c(C)cc(C)cc4oc3=O)c(=O)oc2c1. The van der Waals surface area contributed by atoms with Crippen molar-refractivity contribution in [3.05, 3.63) is 114 Å². The zero-order chi connectivity index (χ0) is 29.3. The van der Waals surface area contributed by atoms with Gasteiger partial charge in [0.05, 0.1) is 30.0 Å². The topological polar surface area (TPSA) is 120 Å². The predicted molar refractivity (Wildman–Crippen MR) is 158 cm³/mol. The van der Waals surface area contributed by atoms with Crippen LogP contribution in [0.4, 0.5) is 0 Å². The van der Waals surface area contributed by atoms with Crippen LogP contribution in [0.5, 0.6) is 11.5 Å². The number of piperidine rings is 1. The monoisotopic (exact) mass is 553 g/mol. The van der Waals surface area contributed by atoms with Crippen molar-refractivity contribution >= 4 is 21.9 Å². The molecule has 1 aliphatic heterocycles. The van der Waals surface area contributed by atoms with E-state index in [1.165, 1.54) is 32.4 Å². The fourth-order valence-electron chi connectivity index (χ4n) is 5.91. The van der Waals surface area contributed by atoms with E-state index in [2.05, 4.69) is 5.32 Å². The summed E-state index contributed by atoms with van der Waals surface area (Å²) in [5.41, 5.74) is 1.87. The Bertz CT molecular complexity index is 1730. The fourth-order valence-corrected chi connectivity index (χ4v) is 5.91. The van der Waals surface area contributed by atoms with E-state index in [0.717, 1.165) is 11.1 Å². The number of aromatic hydroxyl groups is 1. The highest BCUT2D eigenvalue weighted by atomic mass is 16.4. The third kappa shape index (κ3) is 5.50. The van der Waals surface area contributed by atoms with E-state index in [1.54, 1.807) is 56.3 Å². The van der Waals surface area contributed by atoms with Crippen LogP contribution < -0.4 is 21.7 Å². The van der Waals surface area contributed by atoms with Crippen molar-refractivity contribution < 1.29 is 24.4 Å². The van der Waals surface area contributed by atoms with E-state index in [-0.39, 0.29) is 33.4 Å². The number of quaternary nitrogens is 1. The number of hydrogen-bond acceptors (Lipinski definition) is 6. The molecule has 5 aromatic rings. The van der Waals surface area contributed by atoms with Gasteiger partial charge in [-0.15, -0.1) is 0 Å². The summed E-state index contributed by atoms with van der Waals surface area (Å²) in [6.07, 6.45) is 4.36. The molecular weight excluding hydrogens is 518 g/mol. The molecule has 3 heterocycles. The van der Waals surface area contributed by atoms with Crippen LogP contribution >= 0.6 is 0 Å². The molecule has 212 valence electrons. The molecule has 7 heteroatoms. The summed E-state index contributed by atoms with van der Waals surface area (Å²) in [6.45, 7) is 10.0. The molecular formula is C34H35NO6. The molecule has 6 rings (SSSR count). The van der Waals surface area contributed by atoms with Gasteiger partial charge >= 0.3 is 11.3 Å². The summed E-state index contributed by atoms with van der Waals surface area (Å²) in [5, 5.41) is 28.2. The quantitative estimate of drug-likeness (QED) is 0.309. The first kappa shape index (κ1) is 28.2. The molecule has 0 radical (unpaired) electrons. The maximum Gasteiger partial charge on any atom is 0.344 e. The minimum absolute atomic E-state index is 0.177. The smallest absolute Gasteiger partial charge is 0.344 e. The summed E-state index contributed by atoms with van der Waals surface area (Å²) < 4.78 is 11.2. The number of hydrogen-bond donors (Lipinski definition) is 2. The van der Waals surface area contributed by atoms with E-state index in [9.17, 15) is 19.8 Å². The maximum absolute atomic E-state index is 13.8. The molecule has 3 N–H and O–H groups in total. The van der Waals surface area contributed by atoms with E-state index in [0.29, 0.717) is 22.1 Å². The average molecular weight is 554 g/mol. The van der Waals surface area contributed by atoms with Crippen LogP contribution in [0, 0.1) is 27.7 Å². The van der Waals surface area contributed by atoms with Gasteiger partial charge in [-0.25, -0.2) is 9.59 Å². The molecule has 41 heavy (non-hydrogen) atoms. The van der Waals surface area contributed by atoms with E-state index >= 15 is 0 Å². The standard InChI is InChI=1S/C29H24O6.C5H11N/c1-14-10-16(3)21-19(12-14)34-28(32)24(26(21)30)23(18-8-6-5-7-9-18)25-27(31)22-17(4)11-15(2)13-20(22)35-29(25)33;1-2-4-6-5-3-1/h5-13,23,30-31H,1-4H3;6H,1-5H2. The molecule has 0 unspecified atom stereocenters. The zero-order valence-corrected chi connectivity index (χ0v) is 23.9. The lowest BCUT2D eigenvalue weighted by atomic mass is 9.84. The molecule has 0 bridgehead atoms. The molecule has 3 aromatic carbocycles. The van der Waals surface area contributed by atoms with Gasteiger partial charge in [-0.1, -0.05) is 48.2 Å². The van der Waals surface area contributed by atoms with Gasteiger partial charge in [0.25, 0.3) is 0 Å². The molecule has 1 fully saturated rings. The minimum atomic E-state index is -1.19. The Labute approximate surface area is 238 Å². The molecule has 7 nitrogen and oxygen atoms in total. The molecule has 0 saturated carbocycles. The number of fused-ring (bicyclic) bond motifs is 2. The van der Waals surface area contributed by atoms with Gasteiger partial charge in [-0.05, 0) is 86.9 Å². The van der Waals surface area contributed by atoms with E-state index in [4.69, 9.17) is 8.83 Å². The van der Waals surface area contributed by atoms with Crippen LogP contribution in [0.2, 0.25) is 0 Å². The Morgan fingerprint density at radius 3 is 1.83 bits per heavy atom. The number of nitrogens with two attached hydrogens (primary N) is 1. The Hall–Kier alpha value is -4.36. The van der Waals surface area contributed by atoms with Crippen molar-refractivity contribution in [2.24, 2.45) is 0 Å². The van der Waals surface area contributed by atoms with Crippen molar-refractivity contribution in [3.63, 3.8) is 0 Å². The van der Waals surface area contributed by atoms with Crippen LogP contribution in [-0.4, -0.2) is 18.2 Å². The lowest BCUT2D eigenvalue weighted by Gasteiger charge is -2.24. The molecule has 0 aliphatic carbocycles. The van der Waals surface area contributed by atoms with Gasteiger partial charge in [0, 0.05) is 10.9 Å². The first-order valence-electron chi connectivity index (χ1n) is 14.1. The van der Waals surface area contributed by atoms with Crippen molar-refractivity contribution in [2.75, 3.05) is 13.1 Å². The number of benzene rings is 3. The Balaban J connectivity index is 0.000000500. The average Bonchev–Trinajstić information content (AvgIpc) is 2.92. The van der Waals surface area contributed by atoms with Crippen molar-refractivity contribution in [1.82, 2.24) is 0 Å². The second-order valence-corrected chi connectivity index (χ2v) is 11.0. The zero-order valence-electron chi connectivity index (χ0n) is 23.9. The number of rotatable bonds is 3. The van der Waals surface area contributed by atoms with Gasteiger partial charge in [-0.2, -0.15) is 0 Å². The summed E-state index contributed by atoms with van der Waals surface area (Å²) in [4.78, 5) is 26.6. The summed E-state index contributed by atoms with van der Waals surface area (Å²) in [7, 11) is 0. The van der Waals surface area contributed by atoms with Gasteiger partial charge in [-0.3, -0.25) is 0 Å². The largest absolute Gasteiger partial charge is 0.872 e. The Kier molecular flexibility index (Phi) is 7.99. The van der Waals surface area contributed by atoms with Crippen LogP contribution in [0.25, 0.3) is 21.9 Å². The van der Waals surface area contributed by atoms with Gasteiger partial charge < -0.3 is 24.4 Å². The van der Waals surface area contributed by atoms with Crippen LogP contribution in [0.1, 0.15) is 64.1 Å². The van der Waals surface area contributed by atoms with E-state index in [1.807, 2.05) is 26.0 Å². The highest BCUT2D eigenvalue weighted by Crippen LogP contribution is 2.42. The number of aryl methyl sites for hydroxylation is 4. The molecule has 1 saturated heterocycles. The van der Waals surface area contributed by atoms with Crippen molar-refractivity contribution in [2.45, 2.75) is 52.9 Å². The van der Waals surface area contributed by atoms with Gasteiger partial charge in [0.2, 0.25) is 0 Å². The Morgan fingerprint density at radius 1 is 0.756 bits per heavy atom. The third-order valence-corrected chi connectivity index (χ3v) is 7.72. The first-order chi connectivity index (χ1) is 19.7. The van der Waals surface area contributed by atoms with Crippen molar-refractivity contribution in [1.29, 1.82) is 0 Å². The maximum atomic E-state index is 13.8. The predicted octanol–water partition coefficient (Wildman–Crippen LogP) is 4.83. The third-order valence-electron chi connectivity index (χ3n) is 7.72.